The quantitative estimate of drug-likeness (QED) is 0.0321. The van der Waals surface area contributed by atoms with Crippen molar-refractivity contribution in [2.24, 2.45) is 0 Å². The Morgan fingerprint density at radius 3 is 1.20 bits per heavy atom. The topological polar surface area (TPSA) is 110 Å². The largest absolute Gasteiger partial charge is 0.394 e. The maximum Gasteiger partial charge on any atom is 0.249 e. The first-order valence-electron chi connectivity index (χ1n) is 22.1. The molecule has 5 N–H and O–H groups in total. The molecule has 0 aliphatic heterocycles. The third-order valence-corrected chi connectivity index (χ3v) is 10.5. The Balaban J connectivity index is 3.74. The molecule has 0 aliphatic carbocycles. The average molecular weight is 710 g/mol. The van der Waals surface area contributed by atoms with Crippen molar-refractivity contribution in [3.05, 3.63) is 12.2 Å². The fraction of sp³-hybridized carbons (Fsp3) is 0.932. The van der Waals surface area contributed by atoms with Gasteiger partial charge in [-0.2, -0.15) is 0 Å². The van der Waals surface area contributed by atoms with E-state index in [-0.39, 0.29) is 0 Å². The number of allylic oxidation sites excluding steroid dienone is 2. The van der Waals surface area contributed by atoms with Crippen molar-refractivity contribution >= 4 is 5.91 Å². The summed E-state index contributed by atoms with van der Waals surface area (Å²) in [5, 5.41) is 43.6. The van der Waals surface area contributed by atoms with Crippen molar-refractivity contribution in [1.29, 1.82) is 0 Å². The molecule has 0 aromatic carbocycles. The number of carbonyl (C=O) groups excluding carboxylic acids is 1. The van der Waals surface area contributed by atoms with E-state index in [9.17, 15) is 25.2 Å². The van der Waals surface area contributed by atoms with Crippen LogP contribution in [0.5, 0.6) is 0 Å². The van der Waals surface area contributed by atoms with E-state index < -0.39 is 36.9 Å². The van der Waals surface area contributed by atoms with E-state index in [1.54, 1.807) is 0 Å². The van der Waals surface area contributed by atoms with Gasteiger partial charge in [0.25, 0.3) is 0 Å². The molecule has 0 saturated carbocycles. The van der Waals surface area contributed by atoms with E-state index in [0.717, 1.165) is 38.5 Å². The number of rotatable bonds is 40. The Labute approximate surface area is 311 Å². The maximum absolute atomic E-state index is 12.5. The third-order valence-electron chi connectivity index (χ3n) is 10.5. The number of aliphatic hydroxyl groups is 4. The minimum Gasteiger partial charge on any atom is -0.394 e. The van der Waals surface area contributed by atoms with E-state index in [0.29, 0.717) is 12.8 Å². The van der Waals surface area contributed by atoms with Crippen molar-refractivity contribution in [2.45, 2.75) is 257 Å². The van der Waals surface area contributed by atoms with Crippen LogP contribution in [0.3, 0.4) is 0 Å². The number of carbonyl (C=O) groups is 1. The number of hydrogen-bond acceptors (Lipinski definition) is 5. The molecule has 6 nitrogen and oxygen atoms in total. The van der Waals surface area contributed by atoms with Gasteiger partial charge >= 0.3 is 0 Å². The highest BCUT2D eigenvalue weighted by Gasteiger charge is 2.28. The van der Waals surface area contributed by atoms with Gasteiger partial charge in [0.1, 0.15) is 12.2 Å². The van der Waals surface area contributed by atoms with Gasteiger partial charge < -0.3 is 25.7 Å². The van der Waals surface area contributed by atoms with Gasteiger partial charge in [0, 0.05) is 0 Å². The summed E-state index contributed by atoms with van der Waals surface area (Å²) in [6.45, 7) is 4.05. The van der Waals surface area contributed by atoms with Crippen molar-refractivity contribution in [3.8, 4) is 0 Å². The predicted octanol–water partition coefficient (Wildman–Crippen LogP) is 11.4. The summed E-state index contributed by atoms with van der Waals surface area (Å²) in [6.07, 6.45) is 42.4. The number of hydrogen-bond donors (Lipinski definition) is 5. The Morgan fingerprint density at radius 2 is 0.820 bits per heavy atom. The summed E-state index contributed by atoms with van der Waals surface area (Å²) >= 11 is 0. The number of aliphatic hydroxyl groups excluding tert-OH is 4. The Kier molecular flexibility index (Phi) is 38.5. The van der Waals surface area contributed by atoms with Crippen molar-refractivity contribution < 1.29 is 25.2 Å². The van der Waals surface area contributed by atoms with Gasteiger partial charge in [-0.1, -0.05) is 206 Å². The van der Waals surface area contributed by atoms with Crippen LogP contribution in [0.4, 0.5) is 0 Å². The van der Waals surface area contributed by atoms with Crippen LogP contribution in [0.2, 0.25) is 0 Å². The van der Waals surface area contributed by atoms with Gasteiger partial charge in [-0.05, 0) is 38.5 Å². The molecule has 0 heterocycles. The van der Waals surface area contributed by atoms with Crippen LogP contribution < -0.4 is 5.32 Å². The predicted molar refractivity (Wildman–Crippen MR) is 215 cm³/mol. The molecule has 4 atom stereocenters. The second kappa shape index (κ2) is 39.3. The van der Waals surface area contributed by atoms with Crippen molar-refractivity contribution in [1.82, 2.24) is 5.32 Å². The molecule has 0 fully saturated rings. The number of nitrogens with one attached hydrogen (secondary N) is 1. The molecule has 0 spiro atoms. The zero-order valence-electron chi connectivity index (χ0n) is 33.4. The van der Waals surface area contributed by atoms with Gasteiger partial charge in [-0.15, -0.1) is 0 Å². The molecule has 1 amide bonds. The lowest BCUT2D eigenvalue weighted by Crippen LogP contribution is -2.53. The standard InChI is InChI=1S/C44H87NO5/c1-3-5-7-9-11-13-15-17-19-20-21-22-24-26-28-30-32-34-36-38-42(48)44(50)45-40(39-46)43(49)41(47)37-35-33-31-29-27-25-23-18-16-14-12-10-8-6-4-2/h29,31,40-43,46-49H,3-28,30,32-39H2,1-2H3,(H,45,50)/b31-29+. The molecule has 298 valence electrons. The molecular formula is C44H87NO5. The molecule has 0 bridgehead atoms. The second-order valence-electron chi connectivity index (χ2n) is 15.4. The molecule has 0 aliphatic rings. The summed E-state index contributed by atoms with van der Waals surface area (Å²) in [6, 6.07) is -0.996. The first kappa shape index (κ1) is 49.0. The van der Waals surface area contributed by atoms with E-state index >= 15 is 0 Å². The highest BCUT2D eigenvalue weighted by molar-refractivity contribution is 5.80. The zero-order chi connectivity index (χ0) is 36.8. The van der Waals surface area contributed by atoms with Crippen LogP contribution in [0.25, 0.3) is 0 Å². The van der Waals surface area contributed by atoms with Gasteiger partial charge in [0.05, 0.1) is 18.8 Å². The molecule has 50 heavy (non-hydrogen) atoms. The van der Waals surface area contributed by atoms with Crippen molar-refractivity contribution in [3.63, 3.8) is 0 Å². The van der Waals surface area contributed by atoms with Gasteiger partial charge in [-0.3, -0.25) is 4.79 Å². The van der Waals surface area contributed by atoms with E-state index in [2.05, 4.69) is 31.3 Å². The minimum atomic E-state index is -1.28. The Morgan fingerprint density at radius 1 is 0.480 bits per heavy atom. The van der Waals surface area contributed by atoms with Crippen LogP contribution >= 0.6 is 0 Å². The fourth-order valence-electron chi connectivity index (χ4n) is 6.93. The normalized spacial score (nSPS) is 14.3. The van der Waals surface area contributed by atoms with Crippen LogP contribution in [-0.2, 0) is 4.79 Å². The summed E-state index contributed by atoms with van der Waals surface area (Å²) in [7, 11) is 0. The third kappa shape index (κ3) is 32.9. The first-order valence-corrected chi connectivity index (χ1v) is 22.1. The number of unbranched alkanes of at least 4 members (excludes halogenated alkanes) is 29. The molecule has 0 rings (SSSR count). The second-order valence-corrected chi connectivity index (χ2v) is 15.4. The van der Waals surface area contributed by atoms with Gasteiger partial charge in [0.2, 0.25) is 5.91 Å². The summed E-state index contributed by atoms with van der Waals surface area (Å²) < 4.78 is 0. The van der Waals surface area contributed by atoms with E-state index in [4.69, 9.17) is 0 Å². The lowest BCUT2D eigenvalue weighted by atomic mass is 10.00. The molecule has 0 radical (unpaired) electrons. The minimum absolute atomic E-state index is 0.368. The fourth-order valence-corrected chi connectivity index (χ4v) is 6.93. The van der Waals surface area contributed by atoms with E-state index in [1.165, 1.54) is 167 Å². The lowest BCUT2D eigenvalue weighted by molar-refractivity contribution is -0.132. The van der Waals surface area contributed by atoms with E-state index in [1.807, 2.05) is 0 Å². The first-order chi connectivity index (χ1) is 24.5. The highest BCUT2D eigenvalue weighted by Crippen LogP contribution is 2.16. The lowest BCUT2D eigenvalue weighted by Gasteiger charge is -2.27. The maximum atomic E-state index is 12.5. The van der Waals surface area contributed by atoms with Crippen LogP contribution in [0, 0.1) is 0 Å². The molecule has 0 aromatic heterocycles. The smallest absolute Gasteiger partial charge is 0.249 e. The monoisotopic (exact) mass is 710 g/mol. The summed E-state index contributed by atoms with van der Waals surface area (Å²) in [5.74, 6) is -0.590. The Hall–Kier alpha value is -0.950. The molecule has 4 unspecified atom stereocenters. The summed E-state index contributed by atoms with van der Waals surface area (Å²) in [4.78, 5) is 12.5. The van der Waals surface area contributed by atoms with Gasteiger partial charge in [-0.25, -0.2) is 0 Å². The highest BCUT2D eigenvalue weighted by atomic mass is 16.3. The summed E-state index contributed by atoms with van der Waals surface area (Å²) in [5.41, 5.74) is 0. The molecule has 0 saturated heterocycles. The Bertz CT molecular complexity index is 717. The van der Waals surface area contributed by atoms with Crippen LogP contribution in [0.1, 0.15) is 232 Å². The zero-order valence-corrected chi connectivity index (χ0v) is 33.4. The van der Waals surface area contributed by atoms with Crippen LogP contribution in [0.15, 0.2) is 12.2 Å². The number of amides is 1. The molecule has 6 heteroatoms. The molecule has 0 aromatic rings. The van der Waals surface area contributed by atoms with Gasteiger partial charge in [0.15, 0.2) is 0 Å². The van der Waals surface area contributed by atoms with Crippen molar-refractivity contribution in [2.75, 3.05) is 6.61 Å². The SMILES string of the molecule is CCCCCCCCCCCC/C=C/CCCC(O)C(O)C(CO)NC(=O)C(O)CCCCCCCCCCCCCCCCCCCCC. The van der Waals surface area contributed by atoms with Crippen LogP contribution in [-0.4, -0.2) is 57.3 Å². The molecular weight excluding hydrogens is 622 g/mol. The average Bonchev–Trinajstić information content (AvgIpc) is 3.12.